The van der Waals surface area contributed by atoms with Gasteiger partial charge in [-0.2, -0.15) is 0 Å². The Morgan fingerprint density at radius 2 is 1.76 bits per heavy atom. The number of nitrogens with zero attached hydrogens (tertiary/aromatic N) is 1. The summed E-state index contributed by atoms with van der Waals surface area (Å²) < 4.78 is 25.9. The number of benzene rings is 1. The van der Waals surface area contributed by atoms with Crippen LogP contribution >= 0.6 is 0 Å². The number of hydrogen-bond donors (Lipinski definition) is 1. The molecule has 0 radical (unpaired) electrons. The van der Waals surface area contributed by atoms with Crippen molar-refractivity contribution in [3.05, 3.63) is 35.4 Å². The largest absolute Gasteiger partial charge is 0.384 e. The van der Waals surface area contributed by atoms with Gasteiger partial charge in [-0.05, 0) is 23.1 Å². The first kappa shape index (κ1) is 17.7. The summed E-state index contributed by atoms with van der Waals surface area (Å²) in [5.41, 5.74) is 1.44. The van der Waals surface area contributed by atoms with Crippen LogP contribution in [0.25, 0.3) is 0 Å². The van der Waals surface area contributed by atoms with Crippen LogP contribution in [0.4, 0.5) is 0 Å². The van der Waals surface area contributed by atoms with Crippen LogP contribution in [0.15, 0.2) is 24.3 Å². The molecular formula is C16H23NO3S. The third-order valence-electron chi connectivity index (χ3n) is 2.76. The number of hydrogen-bond acceptors (Lipinski definition) is 3. The molecule has 0 spiro atoms. The molecule has 0 aliphatic carbocycles. The highest BCUT2D eigenvalue weighted by Gasteiger charge is 2.25. The normalized spacial score (nSPS) is 12.1. The number of aliphatic hydroxyl groups excluding tert-OH is 1. The highest BCUT2D eigenvalue weighted by atomic mass is 32.2. The molecule has 5 heteroatoms. The van der Waals surface area contributed by atoms with Crippen molar-refractivity contribution >= 4 is 10.0 Å². The number of aliphatic hydroxyl groups is 1. The van der Waals surface area contributed by atoms with E-state index in [4.69, 9.17) is 5.11 Å². The lowest BCUT2D eigenvalue weighted by atomic mass is 10.0. The van der Waals surface area contributed by atoms with Crippen molar-refractivity contribution in [1.82, 2.24) is 4.31 Å². The van der Waals surface area contributed by atoms with E-state index in [0.717, 1.165) is 11.1 Å². The van der Waals surface area contributed by atoms with Crippen LogP contribution in [-0.4, -0.2) is 37.2 Å². The minimum Gasteiger partial charge on any atom is -0.384 e. The highest BCUT2D eigenvalue weighted by molar-refractivity contribution is 7.89. The Kier molecular flexibility index (Phi) is 5.97. The van der Waals surface area contributed by atoms with Crippen molar-refractivity contribution in [2.75, 3.05) is 19.4 Å². The average Bonchev–Trinajstić information content (AvgIpc) is 2.35. The number of sulfonamides is 1. The molecule has 0 unspecified atom stereocenters. The van der Waals surface area contributed by atoms with Crippen molar-refractivity contribution in [2.24, 2.45) is 5.41 Å². The molecule has 0 saturated carbocycles. The van der Waals surface area contributed by atoms with Gasteiger partial charge in [0.2, 0.25) is 10.0 Å². The summed E-state index contributed by atoms with van der Waals surface area (Å²) in [7, 11) is -1.67. The Balaban J connectivity index is 2.77. The fraction of sp³-hybridized carbons (Fsp3) is 0.500. The molecule has 1 rings (SSSR count). The fourth-order valence-corrected chi connectivity index (χ4v) is 3.51. The van der Waals surface area contributed by atoms with E-state index in [9.17, 15) is 8.42 Å². The second-order valence-corrected chi connectivity index (χ2v) is 8.31. The molecule has 0 heterocycles. The molecule has 0 atom stereocenters. The van der Waals surface area contributed by atoms with Crippen molar-refractivity contribution in [1.29, 1.82) is 0 Å². The van der Waals surface area contributed by atoms with Crippen LogP contribution in [0.3, 0.4) is 0 Å². The first-order valence-corrected chi connectivity index (χ1v) is 8.38. The van der Waals surface area contributed by atoms with Crippen molar-refractivity contribution in [3.8, 4) is 11.8 Å². The minimum absolute atomic E-state index is 0.122. The molecule has 0 aliphatic rings. The Hall–Kier alpha value is -1.35. The van der Waals surface area contributed by atoms with Gasteiger partial charge in [0.1, 0.15) is 6.61 Å². The SMILES string of the molecule is CN(Cc1ccc(C#CCO)cc1)S(=O)(=O)CC(C)(C)C. The Labute approximate surface area is 127 Å². The lowest BCUT2D eigenvalue weighted by molar-refractivity contribution is 0.350. The second-order valence-electron chi connectivity index (χ2n) is 6.23. The molecule has 1 aromatic rings. The van der Waals surface area contributed by atoms with E-state index in [1.165, 1.54) is 4.31 Å². The summed E-state index contributed by atoms with van der Waals surface area (Å²) in [6.45, 7) is 5.90. The van der Waals surface area contributed by atoms with Crippen LogP contribution in [0.2, 0.25) is 0 Å². The second kappa shape index (κ2) is 7.08. The maximum Gasteiger partial charge on any atom is 0.214 e. The molecule has 0 saturated heterocycles. The molecule has 0 bridgehead atoms. The van der Waals surface area contributed by atoms with Crippen molar-refractivity contribution in [3.63, 3.8) is 0 Å². The van der Waals surface area contributed by atoms with Crippen LogP contribution in [0, 0.1) is 17.3 Å². The third kappa shape index (κ3) is 6.30. The molecule has 116 valence electrons. The fourth-order valence-electron chi connectivity index (χ4n) is 1.85. The van der Waals surface area contributed by atoms with Gasteiger partial charge in [0.25, 0.3) is 0 Å². The van der Waals surface area contributed by atoms with E-state index in [1.807, 2.05) is 45.0 Å². The maximum atomic E-state index is 12.2. The van der Waals surface area contributed by atoms with Gasteiger partial charge < -0.3 is 5.11 Å². The summed E-state index contributed by atoms with van der Waals surface area (Å²) in [4.78, 5) is 0. The zero-order chi connectivity index (χ0) is 16.1. The van der Waals surface area contributed by atoms with Crippen LogP contribution in [0.5, 0.6) is 0 Å². The molecule has 21 heavy (non-hydrogen) atoms. The van der Waals surface area contributed by atoms with Gasteiger partial charge in [0, 0.05) is 19.2 Å². The monoisotopic (exact) mass is 309 g/mol. The van der Waals surface area contributed by atoms with Gasteiger partial charge in [-0.15, -0.1) is 0 Å². The van der Waals surface area contributed by atoms with Gasteiger partial charge in [-0.3, -0.25) is 0 Å². The Morgan fingerprint density at radius 3 is 2.24 bits per heavy atom. The van der Waals surface area contributed by atoms with E-state index >= 15 is 0 Å². The predicted molar refractivity (Wildman–Crippen MR) is 85.1 cm³/mol. The average molecular weight is 309 g/mol. The van der Waals surface area contributed by atoms with Crippen molar-refractivity contribution < 1.29 is 13.5 Å². The quantitative estimate of drug-likeness (QED) is 0.863. The van der Waals surface area contributed by atoms with Crippen LogP contribution in [-0.2, 0) is 16.6 Å². The van der Waals surface area contributed by atoms with Gasteiger partial charge >= 0.3 is 0 Å². The van der Waals surface area contributed by atoms with E-state index in [-0.39, 0.29) is 17.8 Å². The molecule has 0 aromatic heterocycles. The molecule has 0 aliphatic heterocycles. The summed E-state index contributed by atoms with van der Waals surface area (Å²) in [5, 5.41) is 8.64. The lowest BCUT2D eigenvalue weighted by Crippen LogP contribution is -2.33. The third-order valence-corrected chi connectivity index (χ3v) is 5.07. The number of rotatable bonds is 4. The predicted octanol–water partition coefficient (Wildman–Crippen LogP) is 1.84. The zero-order valence-corrected chi connectivity index (χ0v) is 13.9. The van der Waals surface area contributed by atoms with E-state index in [1.54, 1.807) is 7.05 Å². The van der Waals surface area contributed by atoms with Crippen LogP contribution < -0.4 is 0 Å². The topological polar surface area (TPSA) is 57.6 Å². The van der Waals surface area contributed by atoms with E-state index < -0.39 is 10.0 Å². The van der Waals surface area contributed by atoms with E-state index in [2.05, 4.69) is 11.8 Å². The highest BCUT2D eigenvalue weighted by Crippen LogP contribution is 2.19. The molecule has 4 nitrogen and oxygen atoms in total. The van der Waals surface area contributed by atoms with E-state index in [0.29, 0.717) is 6.54 Å². The molecule has 0 amide bonds. The lowest BCUT2D eigenvalue weighted by Gasteiger charge is -2.23. The van der Waals surface area contributed by atoms with Crippen LogP contribution in [0.1, 0.15) is 31.9 Å². The smallest absolute Gasteiger partial charge is 0.214 e. The summed E-state index contributed by atoms with van der Waals surface area (Å²) >= 11 is 0. The summed E-state index contributed by atoms with van der Waals surface area (Å²) in [5.74, 6) is 5.50. The van der Waals surface area contributed by atoms with Gasteiger partial charge in [0.05, 0.1) is 5.75 Å². The van der Waals surface area contributed by atoms with Gasteiger partial charge in [-0.25, -0.2) is 12.7 Å². The zero-order valence-electron chi connectivity index (χ0n) is 13.0. The summed E-state index contributed by atoms with van der Waals surface area (Å²) in [6, 6.07) is 7.35. The van der Waals surface area contributed by atoms with Gasteiger partial charge in [0.15, 0.2) is 0 Å². The van der Waals surface area contributed by atoms with Gasteiger partial charge in [-0.1, -0.05) is 44.7 Å². The molecular weight excluding hydrogens is 286 g/mol. The standard InChI is InChI=1S/C16H23NO3S/c1-16(2,3)13-21(19,20)17(4)12-15-9-7-14(8-10-15)6-5-11-18/h7-10,18H,11-13H2,1-4H3. The Bertz CT molecular complexity index is 616. The minimum atomic E-state index is -3.27. The first-order valence-electron chi connectivity index (χ1n) is 6.77. The first-order chi connectivity index (χ1) is 9.64. The maximum absolute atomic E-state index is 12.2. The molecule has 0 fully saturated rings. The molecule has 1 N–H and O–H groups in total. The molecule has 1 aromatic carbocycles. The van der Waals surface area contributed by atoms with Crippen molar-refractivity contribution in [2.45, 2.75) is 27.3 Å². The Morgan fingerprint density at radius 1 is 1.19 bits per heavy atom. The summed E-state index contributed by atoms with van der Waals surface area (Å²) in [6.07, 6.45) is 0.